The zero-order valence-electron chi connectivity index (χ0n) is 21.2. The number of oxazole rings is 1. The standard InChI is InChI=1S/C27H31N5O4S/c1-4-35-23-14-18(8-9-22(23)34-3)15-32(19-10-12-28-13-11-19)27-30-21-7-5-6-20(24(21)36-27)25(33)31-26-29-17(2)16-37-26/h5-9,14,16,19,28H,4,10-13,15H2,1-3H3,(H,29,31,33). The molecule has 0 bridgehead atoms. The van der Waals surface area contributed by atoms with E-state index in [1.54, 1.807) is 13.2 Å². The molecular weight excluding hydrogens is 490 g/mol. The van der Waals surface area contributed by atoms with Gasteiger partial charge in [0.05, 0.1) is 25.0 Å². The van der Waals surface area contributed by atoms with Gasteiger partial charge >= 0.3 is 0 Å². The molecule has 0 radical (unpaired) electrons. The highest BCUT2D eigenvalue weighted by Crippen LogP contribution is 2.33. The summed E-state index contributed by atoms with van der Waals surface area (Å²) in [5.74, 6) is 1.14. The summed E-state index contributed by atoms with van der Waals surface area (Å²) in [4.78, 5) is 24.4. The SMILES string of the molecule is CCOc1cc(CN(c2nc3cccc(C(=O)Nc4nc(C)cs4)c3o2)C2CCNCC2)ccc1OC. The van der Waals surface area contributed by atoms with Crippen LogP contribution in [0.2, 0.25) is 0 Å². The van der Waals surface area contributed by atoms with Crippen LogP contribution in [0.1, 0.15) is 41.4 Å². The molecular formula is C27H31N5O4S. The predicted molar refractivity (Wildman–Crippen MR) is 145 cm³/mol. The number of carbonyl (C=O) groups excluding carboxylic acids is 1. The first-order valence-corrected chi connectivity index (χ1v) is 13.3. The maximum atomic E-state index is 13.1. The fourth-order valence-electron chi connectivity index (χ4n) is 4.57. The van der Waals surface area contributed by atoms with Crippen molar-refractivity contribution in [2.75, 3.05) is 37.0 Å². The summed E-state index contributed by atoms with van der Waals surface area (Å²) in [6.45, 7) is 6.83. The second-order valence-electron chi connectivity index (χ2n) is 8.93. The van der Waals surface area contributed by atoms with E-state index in [0.29, 0.717) is 52.5 Å². The Kier molecular flexibility index (Phi) is 7.57. The summed E-state index contributed by atoms with van der Waals surface area (Å²) in [7, 11) is 1.64. The van der Waals surface area contributed by atoms with Crippen molar-refractivity contribution < 1.29 is 18.7 Å². The number of ether oxygens (including phenoxy) is 2. The molecule has 10 heteroatoms. The van der Waals surface area contributed by atoms with Crippen LogP contribution in [0.4, 0.5) is 11.1 Å². The molecule has 1 aliphatic rings. The van der Waals surface area contributed by atoms with Crippen molar-refractivity contribution in [3.05, 3.63) is 58.6 Å². The Hall–Kier alpha value is -3.63. The number of aromatic nitrogens is 2. The molecule has 1 saturated heterocycles. The van der Waals surface area contributed by atoms with Gasteiger partial charge in [-0.2, -0.15) is 4.98 Å². The third-order valence-corrected chi connectivity index (χ3v) is 7.24. The quantitative estimate of drug-likeness (QED) is 0.317. The van der Waals surface area contributed by atoms with Crippen LogP contribution in [0.25, 0.3) is 11.1 Å². The summed E-state index contributed by atoms with van der Waals surface area (Å²) < 4.78 is 17.6. The molecule has 0 spiro atoms. The van der Waals surface area contributed by atoms with Crippen molar-refractivity contribution in [3.63, 3.8) is 0 Å². The summed E-state index contributed by atoms with van der Waals surface area (Å²) in [5.41, 5.74) is 3.46. The van der Waals surface area contributed by atoms with E-state index < -0.39 is 0 Å². The molecule has 194 valence electrons. The van der Waals surface area contributed by atoms with Crippen LogP contribution in [-0.4, -0.2) is 48.7 Å². The molecule has 9 nitrogen and oxygen atoms in total. The van der Waals surface area contributed by atoms with E-state index in [1.807, 2.05) is 49.6 Å². The Balaban J connectivity index is 1.48. The highest BCUT2D eigenvalue weighted by Gasteiger charge is 2.27. The van der Waals surface area contributed by atoms with Crippen molar-refractivity contribution in [2.45, 2.75) is 39.3 Å². The number of rotatable bonds is 9. The molecule has 4 aromatic rings. The minimum Gasteiger partial charge on any atom is -0.493 e. The number of carbonyl (C=O) groups is 1. The second-order valence-corrected chi connectivity index (χ2v) is 9.78. The fourth-order valence-corrected chi connectivity index (χ4v) is 5.25. The number of amides is 1. The lowest BCUT2D eigenvalue weighted by atomic mass is 10.0. The molecule has 2 aromatic heterocycles. The van der Waals surface area contributed by atoms with Crippen molar-refractivity contribution >= 4 is 39.5 Å². The number of nitrogens with zero attached hydrogens (tertiary/aromatic N) is 3. The van der Waals surface area contributed by atoms with E-state index >= 15 is 0 Å². The maximum Gasteiger partial charge on any atom is 0.298 e. The molecule has 2 N–H and O–H groups in total. The first-order chi connectivity index (χ1) is 18.1. The van der Waals surface area contributed by atoms with Gasteiger partial charge in [0.25, 0.3) is 11.9 Å². The molecule has 0 saturated carbocycles. The van der Waals surface area contributed by atoms with Crippen LogP contribution in [0.5, 0.6) is 11.5 Å². The van der Waals surface area contributed by atoms with Gasteiger partial charge < -0.3 is 24.1 Å². The smallest absolute Gasteiger partial charge is 0.298 e. The van der Waals surface area contributed by atoms with E-state index in [9.17, 15) is 4.79 Å². The summed E-state index contributed by atoms with van der Waals surface area (Å²) in [6.07, 6.45) is 1.92. The van der Waals surface area contributed by atoms with Gasteiger partial charge in [-0.3, -0.25) is 10.1 Å². The average molecular weight is 522 g/mol. The van der Waals surface area contributed by atoms with Gasteiger partial charge in [-0.15, -0.1) is 11.3 Å². The van der Waals surface area contributed by atoms with Crippen LogP contribution in [0, 0.1) is 6.92 Å². The Morgan fingerprint density at radius 1 is 1.22 bits per heavy atom. The van der Waals surface area contributed by atoms with E-state index in [0.717, 1.165) is 37.2 Å². The number of thiazole rings is 1. The van der Waals surface area contributed by atoms with Crippen LogP contribution < -0.4 is 25.0 Å². The number of anilines is 2. The fraction of sp³-hybridized carbons (Fsp3) is 0.370. The van der Waals surface area contributed by atoms with Crippen molar-refractivity contribution in [1.29, 1.82) is 0 Å². The number of methoxy groups -OCH3 is 1. The number of fused-ring (bicyclic) bond motifs is 1. The molecule has 3 heterocycles. The molecule has 1 aliphatic heterocycles. The molecule has 0 unspecified atom stereocenters. The van der Waals surface area contributed by atoms with Gasteiger partial charge in [0.15, 0.2) is 22.2 Å². The predicted octanol–water partition coefficient (Wildman–Crippen LogP) is 5.01. The highest BCUT2D eigenvalue weighted by atomic mass is 32.1. The van der Waals surface area contributed by atoms with E-state index in [2.05, 4.69) is 20.5 Å². The monoisotopic (exact) mass is 521 g/mol. The second kappa shape index (κ2) is 11.2. The molecule has 5 rings (SSSR count). The minimum atomic E-state index is -0.271. The molecule has 0 aliphatic carbocycles. The molecule has 0 atom stereocenters. The maximum absolute atomic E-state index is 13.1. The van der Waals surface area contributed by atoms with Gasteiger partial charge in [0, 0.05) is 18.0 Å². The number of aryl methyl sites for hydroxylation is 1. The first kappa shape index (κ1) is 25.0. The number of hydrogen-bond donors (Lipinski definition) is 2. The zero-order chi connectivity index (χ0) is 25.8. The Morgan fingerprint density at radius 3 is 2.78 bits per heavy atom. The van der Waals surface area contributed by atoms with Crippen LogP contribution >= 0.6 is 11.3 Å². The highest BCUT2D eigenvalue weighted by molar-refractivity contribution is 7.13. The lowest BCUT2D eigenvalue weighted by Gasteiger charge is -2.33. The number of benzene rings is 2. The molecule has 1 fully saturated rings. The van der Waals surface area contributed by atoms with Crippen LogP contribution in [0.15, 0.2) is 46.2 Å². The lowest BCUT2D eigenvalue weighted by Crippen LogP contribution is -2.43. The Morgan fingerprint density at radius 2 is 2.05 bits per heavy atom. The first-order valence-electron chi connectivity index (χ1n) is 12.5. The summed E-state index contributed by atoms with van der Waals surface area (Å²) >= 11 is 1.39. The average Bonchev–Trinajstić information content (AvgIpc) is 3.53. The van der Waals surface area contributed by atoms with E-state index in [4.69, 9.17) is 18.9 Å². The molecule has 37 heavy (non-hydrogen) atoms. The Labute approximate surface area is 219 Å². The topological polar surface area (TPSA) is 102 Å². The summed E-state index contributed by atoms with van der Waals surface area (Å²) in [6, 6.07) is 12.1. The lowest BCUT2D eigenvalue weighted by molar-refractivity contribution is 0.102. The number of para-hydroxylation sites is 1. The minimum absolute atomic E-state index is 0.238. The van der Waals surface area contributed by atoms with E-state index in [1.165, 1.54) is 11.3 Å². The van der Waals surface area contributed by atoms with Gasteiger partial charge in [-0.1, -0.05) is 12.1 Å². The molecule has 2 aromatic carbocycles. The van der Waals surface area contributed by atoms with Crippen molar-refractivity contribution in [1.82, 2.24) is 15.3 Å². The van der Waals surface area contributed by atoms with Gasteiger partial charge in [-0.05, 0) is 69.6 Å². The van der Waals surface area contributed by atoms with Gasteiger partial charge in [0.2, 0.25) is 0 Å². The van der Waals surface area contributed by atoms with Crippen molar-refractivity contribution in [2.24, 2.45) is 0 Å². The largest absolute Gasteiger partial charge is 0.493 e. The van der Waals surface area contributed by atoms with Gasteiger partial charge in [0.1, 0.15) is 5.52 Å². The van der Waals surface area contributed by atoms with E-state index in [-0.39, 0.29) is 11.9 Å². The number of hydrogen-bond acceptors (Lipinski definition) is 9. The van der Waals surface area contributed by atoms with Crippen molar-refractivity contribution in [3.8, 4) is 11.5 Å². The third-order valence-electron chi connectivity index (χ3n) is 6.36. The number of nitrogens with one attached hydrogen (secondary N) is 2. The number of piperidine rings is 1. The molecule has 1 amide bonds. The van der Waals surface area contributed by atoms with Gasteiger partial charge in [-0.25, -0.2) is 4.98 Å². The van der Waals surface area contributed by atoms with Crippen LogP contribution in [-0.2, 0) is 6.54 Å². The van der Waals surface area contributed by atoms with Crippen LogP contribution in [0.3, 0.4) is 0 Å². The summed E-state index contributed by atoms with van der Waals surface area (Å²) in [5, 5.41) is 8.76. The zero-order valence-corrected chi connectivity index (χ0v) is 22.1. The normalized spacial score (nSPS) is 14.0. The third kappa shape index (κ3) is 5.55. The Bertz CT molecular complexity index is 1380.